The van der Waals surface area contributed by atoms with Crippen LogP contribution in [-0.2, 0) is 16.0 Å². The van der Waals surface area contributed by atoms with E-state index in [1.165, 1.54) is 10.4 Å². The second-order valence-electron chi connectivity index (χ2n) is 5.42. The second kappa shape index (κ2) is 9.82. The number of guanidine groups is 1. The molecular weight excluding hydrogens is 298 g/mol. The smallest absolute Gasteiger partial charge is 0.191 e. The molecule has 0 spiro atoms. The van der Waals surface area contributed by atoms with Crippen molar-refractivity contribution in [3.05, 3.63) is 21.9 Å². The molecule has 22 heavy (non-hydrogen) atoms. The van der Waals surface area contributed by atoms with Gasteiger partial charge in [0.1, 0.15) is 0 Å². The van der Waals surface area contributed by atoms with Gasteiger partial charge in [-0.2, -0.15) is 0 Å². The predicted octanol–water partition coefficient (Wildman–Crippen LogP) is 2.31. The molecule has 1 aliphatic rings. The molecular formula is C16H27N3O2S. The lowest BCUT2D eigenvalue weighted by Crippen LogP contribution is -2.37. The van der Waals surface area contributed by atoms with Crippen molar-refractivity contribution >= 4 is 17.3 Å². The lowest BCUT2D eigenvalue weighted by molar-refractivity contribution is -0.0320. The first-order valence-corrected chi connectivity index (χ1v) is 8.84. The van der Waals surface area contributed by atoms with Crippen molar-refractivity contribution in [3.8, 4) is 0 Å². The Balaban J connectivity index is 1.55. The van der Waals surface area contributed by atoms with E-state index in [1.807, 2.05) is 0 Å². The zero-order chi connectivity index (χ0) is 15.6. The van der Waals surface area contributed by atoms with Crippen LogP contribution in [0.25, 0.3) is 0 Å². The molecule has 0 amide bonds. The quantitative estimate of drug-likeness (QED) is 0.459. The van der Waals surface area contributed by atoms with Gasteiger partial charge in [-0.15, -0.1) is 11.3 Å². The summed E-state index contributed by atoms with van der Waals surface area (Å²) >= 11 is 1.77. The van der Waals surface area contributed by atoms with Gasteiger partial charge >= 0.3 is 0 Å². The number of rotatable bonds is 7. The highest BCUT2D eigenvalue weighted by Crippen LogP contribution is 2.14. The summed E-state index contributed by atoms with van der Waals surface area (Å²) in [6.45, 7) is 6.29. The summed E-state index contributed by atoms with van der Waals surface area (Å²) in [6, 6.07) is 2.14. The maximum absolute atomic E-state index is 5.85. The average molecular weight is 325 g/mol. The van der Waals surface area contributed by atoms with Crippen LogP contribution in [0.5, 0.6) is 0 Å². The van der Waals surface area contributed by atoms with E-state index in [-0.39, 0.29) is 0 Å². The van der Waals surface area contributed by atoms with E-state index >= 15 is 0 Å². The number of aliphatic imine (C=N–C) groups is 1. The van der Waals surface area contributed by atoms with Gasteiger partial charge in [-0.1, -0.05) is 0 Å². The van der Waals surface area contributed by atoms with Gasteiger partial charge < -0.3 is 20.1 Å². The predicted molar refractivity (Wildman–Crippen MR) is 91.7 cm³/mol. The Kier molecular flexibility index (Phi) is 7.70. The fourth-order valence-electron chi connectivity index (χ4n) is 2.34. The molecule has 2 rings (SSSR count). The molecule has 1 saturated heterocycles. The first kappa shape index (κ1) is 17.2. The number of nitrogens with one attached hydrogen (secondary N) is 2. The van der Waals surface area contributed by atoms with Crippen molar-refractivity contribution in [1.29, 1.82) is 0 Å². The monoisotopic (exact) mass is 325 g/mol. The Morgan fingerprint density at radius 3 is 2.91 bits per heavy atom. The van der Waals surface area contributed by atoms with E-state index in [0.717, 1.165) is 58.1 Å². The topological polar surface area (TPSA) is 54.9 Å². The Labute approximate surface area is 137 Å². The normalized spacial score (nSPS) is 16.7. The standard InChI is InChI=1S/C16H27N3O2S/c1-13-6-11-22-15(13)12-19-16(17-2)18-7-3-8-21-14-4-9-20-10-5-14/h6,11,14H,3-5,7-10,12H2,1-2H3,(H2,17,18,19). The molecule has 124 valence electrons. The van der Waals surface area contributed by atoms with E-state index < -0.39 is 0 Å². The van der Waals surface area contributed by atoms with E-state index in [0.29, 0.717) is 6.10 Å². The Bertz CT molecular complexity index is 456. The van der Waals surface area contributed by atoms with Gasteiger partial charge in [-0.05, 0) is 43.2 Å². The zero-order valence-corrected chi connectivity index (χ0v) is 14.4. The Morgan fingerprint density at radius 2 is 2.23 bits per heavy atom. The number of ether oxygens (including phenoxy) is 2. The number of nitrogens with zero attached hydrogens (tertiary/aromatic N) is 1. The van der Waals surface area contributed by atoms with Crippen molar-refractivity contribution in [2.24, 2.45) is 4.99 Å². The molecule has 1 aliphatic heterocycles. The summed E-state index contributed by atoms with van der Waals surface area (Å²) in [5, 5.41) is 8.79. The highest BCUT2D eigenvalue weighted by Gasteiger charge is 2.13. The van der Waals surface area contributed by atoms with Crippen LogP contribution in [0.4, 0.5) is 0 Å². The first-order chi connectivity index (χ1) is 10.8. The van der Waals surface area contributed by atoms with Crippen LogP contribution in [0, 0.1) is 6.92 Å². The minimum atomic E-state index is 0.382. The summed E-state index contributed by atoms with van der Waals surface area (Å²) in [4.78, 5) is 5.60. The zero-order valence-electron chi connectivity index (χ0n) is 13.6. The molecule has 0 radical (unpaired) electrons. The molecule has 2 heterocycles. The average Bonchev–Trinajstić information content (AvgIpc) is 2.96. The van der Waals surface area contributed by atoms with Gasteiger partial charge in [0.15, 0.2) is 5.96 Å². The van der Waals surface area contributed by atoms with Crippen LogP contribution < -0.4 is 10.6 Å². The number of aryl methyl sites for hydroxylation is 1. The molecule has 0 atom stereocenters. The van der Waals surface area contributed by atoms with Crippen molar-refractivity contribution in [1.82, 2.24) is 10.6 Å². The van der Waals surface area contributed by atoms with Crippen molar-refractivity contribution < 1.29 is 9.47 Å². The summed E-state index contributed by atoms with van der Waals surface area (Å²) in [6.07, 6.45) is 3.41. The Hall–Kier alpha value is -1.11. The number of hydrogen-bond donors (Lipinski definition) is 2. The molecule has 0 aromatic carbocycles. The van der Waals surface area contributed by atoms with Crippen LogP contribution in [0.15, 0.2) is 16.4 Å². The van der Waals surface area contributed by atoms with Crippen molar-refractivity contribution in [3.63, 3.8) is 0 Å². The molecule has 0 bridgehead atoms. The van der Waals surface area contributed by atoms with Gasteiger partial charge in [-0.3, -0.25) is 4.99 Å². The van der Waals surface area contributed by atoms with Gasteiger partial charge in [0, 0.05) is 38.3 Å². The third kappa shape index (κ3) is 5.94. The van der Waals surface area contributed by atoms with E-state index in [1.54, 1.807) is 18.4 Å². The van der Waals surface area contributed by atoms with Gasteiger partial charge in [-0.25, -0.2) is 0 Å². The summed E-state index contributed by atoms with van der Waals surface area (Å²) in [5.41, 5.74) is 1.33. The van der Waals surface area contributed by atoms with Crippen LogP contribution in [-0.4, -0.2) is 45.5 Å². The molecule has 5 nitrogen and oxygen atoms in total. The molecule has 0 unspecified atom stereocenters. The molecule has 6 heteroatoms. The molecule has 1 aromatic heterocycles. The van der Waals surface area contributed by atoms with Crippen molar-refractivity contribution in [2.75, 3.05) is 33.4 Å². The minimum Gasteiger partial charge on any atom is -0.381 e. The minimum absolute atomic E-state index is 0.382. The van der Waals surface area contributed by atoms with Crippen LogP contribution in [0.2, 0.25) is 0 Å². The van der Waals surface area contributed by atoms with Gasteiger partial charge in [0.05, 0.1) is 12.6 Å². The molecule has 0 aliphatic carbocycles. The summed E-state index contributed by atoms with van der Waals surface area (Å²) in [5.74, 6) is 0.846. The van der Waals surface area contributed by atoms with Crippen LogP contribution in [0.3, 0.4) is 0 Å². The van der Waals surface area contributed by atoms with Crippen LogP contribution in [0.1, 0.15) is 29.7 Å². The fraction of sp³-hybridized carbons (Fsp3) is 0.688. The maximum atomic E-state index is 5.85. The number of hydrogen-bond acceptors (Lipinski definition) is 4. The summed E-state index contributed by atoms with van der Waals surface area (Å²) in [7, 11) is 1.80. The maximum Gasteiger partial charge on any atom is 0.191 e. The number of thiophene rings is 1. The first-order valence-electron chi connectivity index (χ1n) is 7.96. The third-order valence-corrected chi connectivity index (χ3v) is 4.77. The largest absolute Gasteiger partial charge is 0.381 e. The van der Waals surface area contributed by atoms with Gasteiger partial charge in [0.25, 0.3) is 0 Å². The van der Waals surface area contributed by atoms with E-state index in [4.69, 9.17) is 9.47 Å². The molecule has 0 saturated carbocycles. The SMILES string of the molecule is CN=C(NCCCOC1CCOCC1)NCc1sccc1C. The second-order valence-corrected chi connectivity index (χ2v) is 6.42. The summed E-state index contributed by atoms with van der Waals surface area (Å²) < 4.78 is 11.2. The fourth-order valence-corrected chi connectivity index (χ4v) is 3.19. The highest BCUT2D eigenvalue weighted by atomic mass is 32.1. The molecule has 2 N–H and O–H groups in total. The van der Waals surface area contributed by atoms with E-state index in [9.17, 15) is 0 Å². The molecule has 1 aromatic rings. The lowest BCUT2D eigenvalue weighted by atomic mass is 10.1. The van der Waals surface area contributed by atoms with Crippen LogP contribution >= 0.6 is 11.3 Å². The van der Waals surface area contributed by atoms with E-state index in [2.05, 4.69) is 34.0 Å². The van der Waals surface area contributed by atoms with Gasteiger partial charge in [0.2, 0.25) is 0 Å². The third-order valence-electron chi connectivity index (χ3n) is 3.74. The molecule has 1 fully saturated rings. The lowest BCUT2D eigenvalue weighted by Gasteiger charge is -2.22. The van der Waals surface area contributed by atoms with Crippen molar-refractivity contribution in [2.45, 2.75) is 38.8 Å². The Morgan fingerprint density at radius 1 is 1.41 bits per heavy atom. The highest BCUT2D eigenvalue weighted by molar-refractivity contribution is 7.10.